The third-order valence-corrected chi connectivity index (χ3v) is 7.64. The van der Waals surface area contributed by atoms with E-state index in [1.165, 1.54) is 18.2 Å². The zero-order valence-corrected chi connectivity index (χ0v) is 16.8. The SMILES string of the molecule is C[C@]1(CO)[C@H]2CC[C@H]3OC(=O)C[C@H]3[C@]2(C)CC[C@H]1OC(=O)Nc1cccc(F)c1. The molecule has 158 valence electrons. The first-order valence-corrected chi connectivity index (χ1v) is 10.3. The molecule has 1 amide bonds. The molecule has 2 saturated carbocycles. The molecule has 6 nitrogen and oxygen atoms in total. The minimum absolute atomic E-state index is 0.0413. The van der Waals surface area contributed by atoms with E-state index in [1.54, 1.807) is 6.07 Å². The number of aliphatic hydroxyl groups excluding tert-OH is 1. The van der Waals surface area contributed by atoms with Crippen molar-refractivity contribution in [3.8, 4) is 0 Å². The van der Waals surface area contributed by atoms with Crippen molar-refractivity contribution in [2.75, 3.05) is 11.9 Å². The molecule has 1 aliphatic heterocycles. The number of nitrogens with one attached hydrogen (secondary N) is 1. The van der Waals surface area contributed by atoms with E-state index >= 15 is 0 Å². The van der Waals surface area contributed by atoms with Crippen molar-refractivity contribution in [2.24, 2.45) is 22.7 Å². The third-order valence-electron chi connectivity index (χ3n) is 7.64. The Balaban J connectivity index is 1.51. The molecule has 0 bridgehead atoms. The summed E-state index contributed by atoms with van der Waals surface area (Å²) < 4.78 is 24.6. The zero-order chi connectivity index (χ0) is 20.8. The Bertz CT molecular complexity index is 816. The molecule has 4 rings (SSSR count). The van der Waals surface area contributed by atoms with Gasteiger partial charge in [-0.2, -0.15) is 0 Å². The van der Waals surface area contributed by atoms with Gasteiger partial charge in [0.2, 0.25) is 0 Å². The first kappa shape index (κ1) is 20.1. The van der Waals surface area contributed by atoms with Gasteiger partial charge in [0, 0.05) is 17.0 Å². The average molecular weight is 405 g/mol. The van der Waals surface area contributed by atoms with E-state index in [0.717, 1.165) is 19.3 Å². The second kappa shape index (κ2) is 7.27. The van der Waals surface area contributed by atoms with E-state index < -0.39 is 23.4 Å². The monoisotopic (exact) mass is 405 g/mol. The summed E-state index contributed by atoms with van der Waals surface area (Å²) in [5, 5.41) is 12.9. The molecule has 3 fully saturated rings. The normalized spacial score (nSPS) is 38.6. The molecule has 7 heteroatoms. The van der Waals surface area contributed by atoms with Gasteiger partial charge >= 0.3 is 12.1 Å². The molecule has 0 unspecified atom stereocenters. The van der Waals surface area contributed by atoms with Crippen molar-refractivity contribution in [1.82, 2.24) is 0 Å². The topological polar surface area (TPSA) is 84.9 Å². The van der Waals surface area contributed by atoms with Crippen LogP contribution in [0, 0.1) is 28.5 Å². The maximum Gasteiger partial charge on any atom is 0.411 e. The number of carbonyl (C=O) groups excluding carboxylic acids is 2. The molecular formula is C22H28FNO5. The summed E-state index contributed by atoms with van der Waals surface area (Å²) >= 11 is 0. The molecule has 1 aromatic rings. The lowest BCUT2D eigenvalue weighted by Crippen LogP contribution is -2.59. The summed E-state index contributed by atoms with van der Waals surface area (Å²) in [7, 11) is 0. The lowest BCUT2D eigenvalue weighted by atomic mass is 9.46. The van der Waals surface area contributed by atoms with Crippen LogP contribution >= 0.6 is 0 Å². The van der Waals surface area contributed by atoms with Crippen molar-refractivity contribution < 1.29 is 28.6 Å². The Labute approximate surface area is 169 Å². The minimum Gasteiger partial charge on any atom is -0.462 e. The number of amides is 1. The van der Waals surface area contributed by atoms with Crippen molar-refractivity contribution in [3.05, 3.63) is 30.1 Å². The molecule has 29 heavy (non-hydrogen) atoms. The van der Waals surface area contributed by atoms with Gasteiger partial charge in [-0.15, -0.1) is 0 Å². The number of ether oxygens (including phenoxy) is 2. The number of fused-ring (bicyclic) bond motifs is 3. The number of rotatable bonds is 3. The highest BCUT2D eigenvalue weighted by atomic mass is 19.1. The highest BCUT2D eigenvalue weighted by molar-refractivity contribution is 5.84. The van der Waals surface area contributed by atoms with Crippen LogP contribution in [0.1, 0.15) is 46.0 Å². The Morgan fingerprint density at radius 3 is 2.86 bits per heavy atom. The first-order valence-electron chi connectivity index (χ1n) is 10.3. The van der Waals surface area contributed by atoms with Gasteiger partial charge < -0.3 is 14.6 Å². The van der Waals surface area contributed by atoms with Gasteiger partial charge in [0.1, 0.15) is 18.0 Å². The predicted octanol–water partition coefficient (Wildman–Crippen LogP) is 3.88. The van der Waals surface area contributed by atoms with Gasteiger partial charge in [0.25, 0.3) is 0 Å². The van der Waals surface area contributed by atoms with Crippen LogP contribution in [0.2, 0.25) is 0 Å². The number of hydrogen-bond donors (Lipinski definition) is 2. The second-order valence-corrected chi connectivity index (χ2v) is 9.21. The van der Waals surface area contributed by atoms with Crippen LogP contribution in [0.5, 0.6) is 0 Å². The van der Waals surface area contributed by atoms with Gasteiger partial charge in [-0.1, -0.05) is 19.9 Å². The Morgan fingerprint density at radius 1 is 1.34 bits per heavy atom. The molecule has 1 saturated heterocycles. The van der Waals surface area contributed by atoms with E-state index in [9.17, 15) is 19.1 Å². The summed E-state index contributed by atoms with van der Waals surface area (Å²) in [6.07, 6.45) is 2.24. The third kappa shape index (κ3) is 3.39. The second-order valence-electron chi connectivity index (χ2n) is 9.21. The molecular weight excluding hydrogens is 377 g/mol. The van der Waals surface area contributed by atoms with Gasteiger partial charge in [0.15, 0.2) is 0 Å². The molecule has 2 N–H and O–H groups in total. The number of carbonyl (C=O) groups is 2. The fourth-order valence-corrected chi connectivity index (χ4v) is 6.13. The molecule has 1 aromatic carbocycles. The molecule has 1 heterocycles. The largest absolute Gasteiger partial charge is 0.462 e. The summed E-state index contributed by atoms with van der Waals surface area (Å²) in [6.45, 7) is 4.04. The van der Waals surface area contributed by atoms with Crippen molar-refractivity contribution in [3.63, 3.8) is 0 Å². The Hall–Kier alpha value is -2.15. The van der Waals surface area contributed by atoms with Crippen LogP contribution in [0.4, 0.5) is 14.9 Å². The summed E-state index contributed by atoms with van der Waals surface area (Å²) in [4.78, 5) is 24.3. The number of hydrogen-bond acceptors (Lipinski definition) is 5. The number of aliphatic hydroxyl groups is 1. The van der Waals surface area contributed by atoms with Gasteiger partial charge in [-0.05, 0) is 55.2 Å². The van der Waals surface area contributed by atoms with Crippen LogP contribution in [0.3, 0.4) is 0 Å². The van der Waals surface area contributed by atoms with E-state index in [-0.39, 0.29) is 35.9 Å². The fourth-order valence-electron chi connectivity index (χ4n) is 6.13. The molecule has 0 spiro atoms. The van der Waals surface area contributed by atoms with E-state index in [0.29, 0.717) is 18.5 Å². The molecule has 0 radical (unpaired) electrons. The summed E-state index contributed by atoms with van der Waals surface area (Å²) in [6, 6.07) is 5.63. The van der Waals surface area contributed by atoms with Crippen LogP contribution in [0.15, 0.2) is 24.3 Å². The van der Waals surface area contributed by atoms with Gasteiger partial charge in [-0.3, -0.25) is 10.1 Å². The van der Waals surface area contributed by atoms with E-state index in [1.807, 2.05) is 6.92 Å². The molecule has 6 atom stereocenters. The average Bonchev–Trinajstić information content (AvgIpc) is 3.06. The van der Waals surface area contributed by atoms with Crippen LogP contribution in [0.25, 0.3) is 0 Å². The standard InChI is InChI=1S/C22H28FNO5/c1-21-9-8-18(29-20(27)24-14-5-3-4-13(23)10-14)22(2,12-25)17(21)7-6-16-15(21)11-19(26)28-16/h3-5,10,15-18,25H,6-9,11-12H2,1-2H3,(H,24,27)/t15-,16-,17+,18-,21+,22+/m1/s1. The van der Waals surface area contributed by atoms with Crippen molar-refractivity contribution in [2.45, 2.75) is 58.2 Å². The van der Waals surface area contributed by atoms with E-state index in [4.69, 9.17) is 9.47 Å². The number of benzene rings is 1. The lowest BCUT2D eigenvalue weighted by Gasteiger charge is -2.59. The molecule has 0 aromatic heterocycles. The lowest BCUT2D eigenvalue weighted by molar-refractivity contribution is -0.174. The molecule has 2 aliphatic carbocycles. The highest BCUT2D eigenvalue weighted by Gasteiger charge is 2.62. The zero-order valence-electron chi connectivity index (χ0n) is 16.8. The van der Waals surface area contributed by atoms with Crippen molar-refractivity contribution >= 4 is 17.7 Å². The first-order chi connectivity index (χ1) is 13.8. The number of halogens is 1. The van der Waals surface area contributed by atoms with Crippen LogP contribution in [-0.2, 0) is 14.3 Å². The van der Waals surface area contributed by atoms with E-state index in [2.05, 4.69) is 12.2 Å². The Kier molecular flexibility index (Phi) is 5.05. The van der Waals surface area contributed by atoms with Gasteiger partial charge in [-0.25, -0.2) is 9.18 Å². The summed E-state index contributed by atoms with van der Waals surface area (Å²) in [5.74, 6) is -0.333. The van der Waals surface area contributed by atoms with Crippen LogP contribution < -0.4 is 5.32 Å². The maximum atomic E-state index is 13.4. The van der Waals surface area contributed by atoms with Crippen LogP contribution in [-0.4, -0.2) is 36.0 Å². The Morgan fingerprint density at radius 2 is 2.14 bits per heavy atom. The maximum absolute atomic E-state index is 13.4. The predicted molar refractivity (Wildman–Crippen MR) is 104 cm³/mol. The van der Waals surface area contributed by atoms with Crippen molar-refractivity contribution in [1.29, 1.82) is 0 Å². The minimum atomic E-state index is -0.656. The fraction of sp³-hybridized carbons (Fsp3) is 0.636. The quantitative estimate of drug-likeness (QED) is 0.746. The highest BCUT2D eigenvalue weighted by Crippen LogP contribution is 2.62. The summed E-state index contributed by atoms with van der Waals surface area (Å²) in [5.41, 5.74) is -0.447. The molecule has 3 aliphatic rings. The van der Waals surface area contributed by atoms with Gasteiger partial charge in [0.05, 0.1) is 13.0 Å². The smallest absolute Gasteiger partial charge is 0.411 e. The number of esters is 1. The number of anilines is 1.